The lowest BCUT2D eigenvalue weighted by atomic mass is 10.4. The zero-order valence-electron chi connectivity index (χ0n) is 5.02. The van der Waals surface area contributed by atoms with Crippen LogP contribution in [0.1, 0.15) is 0 Å². The lowest BCUT2D eigenvalue weighted by Crippen LogP contribution is -2.50. The topological polar surface area (TPSA) is 81.1 Å². The van der Waals surface area contributed by atoms with Crippen molar-refractivity contribution in [3.8, 4) is 0 Å². The quantitative estimate of drug-likeness (QED) is 0.405. The third kappa shape index (κ3) is 1.07. The molecular weight excluding hydrogens is 140 g/mol. The average Bonchev–Trinajstić information content (AvgIpc) is 1.84. The molecule has 6 heteroatoms. The molecule has 0 saturated carbocycles. The number of hydrogen-bond donors (Lipinski definition) is 2. The first-order valence-electron chi connectivity index (χ1n) is 2.60. The second-order valence-corrected chi connectivity index (χ2v) is 1.90. The third-order valence-electron chi connectivity index (χ3n) is 1.15. The van der Waals surface area contributed by atoms with Crippen LogP contribution in [0.5, 0.6) is 0 Å². The maximum Gasteiger partial charge on any atom is 0.268 e. The molecule has 0 aromatic heterocycles. The molecule has 0 atom stereocenters. The van der Waals surface area contributed by atoms with Gasteiger partial charge in [0.15, 0.2) is 0 Å². The van der Waals surface area contributed by atoms with Crippen LogP contribution in [0.4, 0.5) is 0 Å². The molecule has 6 nitrogen and oxygen atoms in total. The fourth-order valence-corrected chi connectivity index (χ4v) is 0.596. The number of hydrogen-bond acceptors (Lipinski definition) is 4. The summed E-state index contributed by atoms with van der Waals surface area (Å²) in [5.41, 5.74) is 0. The van der Waals surface area contributed by atoms with E-state index in [0.717, 1.165) is 0 Å². The van der Waals surface area contributed by atoms with Crippen LogP contribution in [-0.2, 0) is 9.59 Å². The van der Waals surface area contributed by atoms with Crippen molar-refractivity contribution in [2.45, 2.75) is 0 Å². The Labute approximate surface area is 56.2 Å². The van der Waals surface area contributed by atoms with Gasteiger partial charge >= 0.3 is 0 Å². The van der Waals surface area contributed by atoms with Crippen LogP contribution < -0.4 is 0 Å². The molecule has 0 radical (unpaired) electrons. The van der Waals surface area contributed by atoms with Gasteiger partial charge in [0.1, 0.15) is 13.1 Å². The molecule has 1 aliphatic rings. The zero-order valence-corrected chi connectivity index (χ0v) is 5.02. The van der Waals surface area contributed by atoms with Crippen molar-refractivity contribution in [1.29, 1.82) is 0 Å². The molecule has 2 amide bonds. The molecule has 10 heavy (non-hydrogen) atoms. The van der Waals surface area contributed by atoms with E-state index in [2.05, 4.69) is 0 Å². The highest BCUT2D eigenvalue weighted by molar-refractivity contribution is 5.90. The molecule has 0 aromatic carbocycles. The van der Waals surface area contributed by atoms with Gasteiger partial charge in [-0.3, -0.25) is 20.0 Å². The molecule has 0 bridgehead atoms. The number of hydroxylamine groups is 4. The Balaban J connectivity index is 2.63. The second-order valence-electron chi connectivity index (χ2n) is 1.90. The van der Waals surface area contributed by atoms with Crippen LogP contribution in [0.3, 0.4) is 0 Å². The Kier molecular flexibility index (Phi) is 1.56. The first-order valence-corrected chi connectivity index (χ1v) is 2.60. The molecule has 0 unspecified atom stereocenters. The number of rotatable bonds is 0. The summed E-state index contributed by atoms with van der Waals surface area (Å²) in [4.78, 5) is 20.9. The van der Waals surface area contributed by atoms with Gasteiger partial charge in [0, 0.05) is 0 Å². The monoisotopic (exact) mass is 146 g/mol. The van der Waals surface area contributed by atoms with Gasteiger partial charge in [-0.1, -0.05) is 0 Å². The minimum atomic E-state index is -0.693. The van der Waals surface area contributed by atoms with Gasteiger partial charge in [0.2, 0.25) is 0 Å². The smallest absolute Gasteiger partial charge is 0.268 e. The van der Waals surface area contributed by atoms with Crippen molar-refractivity contribution in [1.82, 2.24) is 10.1 Å². The van der Waals surface area contributed by atoms with Crippen LogP contribution in [0.25, 0.3) is 0 Å². The van der Waals surface area contributed by atoms with Crippen molar-refractivity contribution in [3.05, 3.63) is 0 Å². The summed E-state index contributed by atoms with van der Waals surface area (Å²) in [5.74, 6) is -1.38. The Bertz CT molecular complexity index is 160. The van der Waals surface area contributed by atoms with Crippen LogP contribution >= 0.6 is 0 Å². The van der Waals surface area contributed by atoms with Gasteiger partial charge < -0.3 is 0 Å². The maximum absolute atomic E-state index is 10.5. The molecule has 0 spiro atoms. The van der Waals surface area contributed by atoms with Gasteiger partial charge in [0.25, 0.3) is 11.8 Å². The SMILES string of the molecule is O=C1CN(O)C(=O)CN1O. The van der Waals surface area contributed by atoms with E-state index < -0.39 is 24.9 Å². The van der Waals surface area contributed by atoms with Crippen molar-refractivity contribution in [3.63, 3.8) is 0 Å². The van der Waals surface area contributed by atoms with Crippen molar-refractivity contribution < 1.29 is 20.0 Å². The van der Waals surface area contributed by atoms with E-state index in [-0.39, 0.29) is 10.1 Å². The number of piperazine rings is 1. The predicted molar refractivity (Wildman–Crippen MR) is 27.0 cm³/mol. The van der Waals surface area contributed by atoms with E-state index in [9.17, 15) is 9.59 Å². The van der Waals surface area contributed by atoms with Gasteiger partial charge in [-0.2, -0.15) is 0 Å². The standard InChI is InChI=1S/C4H6N2O4/c7-3-1-5(9)4(8)2-6(3)10/h9-10H,1-2H2. The summed E-state index contributed by atoms with van der Waals surface area (Å²) in [5, 5.41) is 17.7. The molecule has 1 aliphatic heterocycles. The molecule has 0 aliphatic carbocycles. The van der Waals surface area contributed by atoms with E-state index in [0.29, 0.717) is 0 Å². The Morgan fingerprint density at radius 2 is 1.30 bits per heavy atom. The number of carbonyl (C=O) groups is 2. The van der Waals surface area contributed by atoms with E-state index in [1.807, 2.05) is 0 Å². The number of nitrogens with zero attached hydrogens (tertiary/aromatic N) is 2. The average molecular weight is 146 g/mol. The summed E-state index contributed by atoms with van der Waals surface area (Å²) >= 11 is 0. The lowest BCUT2D eigenvalue weighted by Gasteiger charge is -2.24. The fraction of sp³-hybridized carbons (Fsp3) is 0.500. The summed E-state index contributed by atoms with van der Waals surface area (Å²) in [7, 11) is 0. The normalized spacial score (nSPS) is 20.2. The summed E-state index contributed by atoms with van der Waals surface area (Å²) in [6.07, 6.45) is 0. The minimum absolute atomic E-state index is 0.273. The molecular formula is C4H6N2O4. The van der Waals surface area contributed by atoms with Crippen molar-refractivity contribution >= 4 is 11.8 Å². The molecule has 2 N–H and O–H groups in total. The summed E-state index contributed by atoms with van der Waals surface area (Å²) < 4.78 is 0. The van der Waals surface area contributed by atoms with Gasteiger partial charge in [-0.25, -0.2) is 10.1 Å². The van der Waals surface area contributed by atoms with Crippen LogP contribution in [0.2, 0.25) is 0 Å². The number of carbonyl (C=O) groups excluding carboxylic acids is 2. The van der Waals surface area contributed by atoms with Crippen LogP contribution in [0.15, 0.2) is 0 Å². The maximum atomic E-state index is 10.5. The second kappa shape index (κ2) is 2.24. The van der Waals surface area contributed by atoms with Crippen molar-refractivity contribution in [2.24, 2.45) is 0 Å². The first-order chi connectivity index (χ1) is 4.61. The summed E-state index contributed by atoms with van der Waals surface area (Å²) in [6.45, 7) is -0.954. The number of amides is 2. The van der Waals surface area contributed by atoms with Crippen LogP contribution in [-0.4, -0.2) is 45.4 Å². The molecule has 1 heterocycles. The van der Waals surface area contributed by atoms with Gasteiger partial charge in [-0.05, 0) is 0 Å². The van der Waals surface area contributed by atoms with Crippen LogP contribution in [0, 0.1) is 0 Å². The largest absolute Gasteiger partial charge is 0.285 e. The predicted octanol–water partition coefficient (Wildman–Crippen LogP) is -1.56. The molecule has 1 rings (SSSR count). The lowest BCUT2D eigenvalue weighted by molar-refractivity contribution is -0.205. The molecule has 56 valence electrons. The van der Waals surface area contributed by atoms with E-state index in [1.54, 1.807) is 0 Å². The highest BCUT2D eigenvalue weighted by atomic mass is 16.5. The van der Waals surface area contributed by atoms with E-state index in [1.165, 1.54) is 0 Å². The van der Waals surface area contributed by atoms with Crippen molar-refractivity contribution in [2.75, 3.05) is 13.1 Å². The fourth-order valence-electron chi connectivity index (χ4n) is 0.596. The van der Waals surface area contributed by atoms with E-state index in [4.69, 9.17) is 10.4 Å². The molecule has 0 aromatic rings. The highest BCUT2D eigenvalue weighted by Crippen LogP contribution is 1.97. The highest BCUT2D eigenvalue weighted by Gasteiger charge is 2.27. The Morgan fingerprint density at radius 3 is 1.60 bits per heavy atom. The zero-order chi connectivity index (χ0) is 7.72. The molecule has 1 saturated heterocycles. The first kappa shape index (κ1) is 6.97. The van der Waals surface area contributed by atoms with Gasteiger partial charge in [-0.15, -0.1) is 0 Å². The Morgan fingerprint density at radius 1 is 1.00 bits per heavy atom. The molecule has 1 fully saturated rings. The Hall–Kier alpha value is -1.14. The third-order valence-corrected chi connectivity index (χ3v) is 1.15. The minimum Gasteiger partial charge on any atom is -0.285 e. The summed E-state index contributed by atoms with van der Waals surface area (Å²) in [6, 6.07) is 0. The van der Waals surface area contributed by atoms with E-state index >= 15 is 0 Å². The van der Waals surface area contributed by atoms with Gasteiger partial charge in [0.05, 0.1) is 0 Å².